The lowest BCUT2D eigenvalue weighted by molar-refractivity contribution is 0.309. The van der Waals surface area contributed by atoms with E-state index in [9.17, 15) is 0 Å². The number of fused-ring (bicyclic) bond motifs is 1. The predicted octanol–water partition coefficient (Wildman–Crippen LogP) is 1.73. The van der Waals surface area contributed by atoms with Gasteiger partial charge in [0.25, 0.3) is 0 Å². The van der Waals surface area contributed by atoms with Crippen LogP contribution in [0.4, 0.5) is 0 Å². The van der Waals surface area contributed by atoms with Gasteiger partial charge in [0.1, 0.15) is 0 Å². The van der Waals surface area contributed by atoms with Gasteiger partial charge in [-0.15, -0.1) is 22.6 Å². The third-order valence-electron chi connectivity index (χ3n) is 2.80. The number of nitrogens with zero attached hydrogens (tertiary/aromatic N) is 3. The van der Waals surface area contributed by atoms with Crippen LogP contribution < -0.4 is 5.32 Å². The fourth-order valence-electron chi connectivity index (χ4n) is 1.86. The molecule has 0 amide bonds. The summed E-state index contributed by atoms with van der Waals surface area (Å²) >= 11 is 5.78. The van der Waals surface area contributed by atoms with Gasteiger partial charge in [0, 0.05) is 37.1 Å². The maximum atomic E-state index is 5.78. The molecule has 0 aliphatic carbocycles. The quantitative estimate of drug-likeness (QED) is 0.893. The topological polar surface area (TPSA) is 42.7 Å². The van der Waals surface area contributed by atoms with E-state index in [1.165, 1.54) is 0 Å². The van der Waals surface area contributed by atoms with Crippen molar-refractivity contribution in [3.63, 3.8) is 0 Å². The Morgan fingerprint density at radius 1 is 1.44 bits per heavy atom. The van der Waals surface area contributed by atoms with Gasteiger partial charge in [0.05, 0.1) is 0 Å². The highest BCUT2D eigenvalue weighted by Gasteiger charge is 2.18. The number of hydrogen-bond acceptors (Lipinski definition) is 3. The van der Waals surface area contributed by atoms with E-state index in [0.29, 0.717) is 5.15 Å². The highest BCUT2D eigenvalue weighted by Crippen LogP contribution is 2.17. The van der Waals surface area contributed by atoms with Crippen molar-refractivity contribution in [3.8, 4) is 0 Å². The predicted molar refractivity (Wildman–Crippen MR) is 66.1 cm³/mol. The molecule has 16 heavy (non-hydrogen) atoms. The molecule has 0 spiro atoms. The minimum absolute atomic E-state index is 0. The van der Waals surface area contributed by atoms with Crippen LogP contribution in [-0.2, 0) is 6.54 Å². The Labute approximate surface area is 104 Å². The number of rotatable bonds is 2. The lowest BCUT2D eigenvalue weighted by Gasteiger charge is -2.27. The van der Waals surface area contributed by atoms with Crippen LogP contribution in [0.1, 0.15) is 0 Å². The SMILES string of the molecule is Cl.Clc1cc2ccn(CC3CNC3)c2nn1. The Morgan fingerprint density at radius 2 is 2.25 bits per heavy atom. The third kappa shape index (κ3) is 2.00. The molecule has 0 saturated carbocycles. The number of hydrogen-bond donors (Lipinski definition) is 1. The normalized spacial score (nSPS) is 15.8. The summed E-state index contributed by atoms with van der Waals surface area (Å²) < 4.78 is 2.14. The van der Waals surface area contributed by atoms with Crippen molar-refractivity contribution < 1.29 is 0 Å². The molecule has 2 aromatic heterocycles. The Hall–Kier alpha value is -0.840. The van der Waals surface area contributed by atoms with Gasteiger partial charge < -0.3 is 9.88 Å². The van der Waals surface area contributed by atoms with E-state index in [1.54, 1.807) is 0 Å². The maximum Gasteiger partial charge on any atom is 0.162 e. The minimum atomic E-state index is 0. The van der Waals surface area contributed by atoms with Crippen LogP contribution in [0.5, 0.6) is 0 Å². The van der Waals surface area contributed by atoms with Crippen molar-refractivity contribution >= 4 is 35.0 Å². The molecule has 3 heterocycles. The minimum Gasteiger partial charge on any atom is -0.331 e. The van der Waals surface area contributed by atoms with Crippen LogP contribution in [0.25, 0.3) is 11.0 Å². The summed E-state index contributed by atoms with van der Waals surface area (Å²) in [6.45, 7) is 3.20. The Bertz CT molecular complexity index is 493. The molecular weight excluding hydrogens is 247 g/mol. The van der Waals surface area contributed by atoms with Crippen molar-refractivity contribution in [2.45, 2.75) is 6.54 Å². The lowest BCUT2D eigenvalue weighted by Crippen LogP contribution is -2.44. The van der Waals surface area contributed by atoms with E-state index in [1.807, 2.05) is 18.3 Å². The fourth-order valence-corrected chi connectivity index (χ4v) is 2.02. The van der Waals surface area contributed by atoms with Gasteiger partial charge in [-0.2, -0.15) is 0 Å². The summed E-state index contributed by atoms with van der Waals surface area (Å²) in [7, 11) is 0. The van der Waals surface area contributed by atoms with E-state index in [4.69, 9.17) is 11.6 Å². The molecule has 0 atom stereocenters. The average molecular weight is 259 g/mol. The molecule has 6 heteroatoms. The lowest BCUT2D eigenvalue weighted by atomic mass is 10.0. The fraction of sp³-hybridized carbons (Fsp3) is 0.400. The second-order valence-electron chi connectivity index (χ2n) is 3.94. The van der Waals surface area contributed by atoms with E-state index in [-0.39, 0.29) is 12.4 Å². The molecule has 86 valence electrons. The zero-order chi connectivity index (χ0) is 10.3. The van der Waals surface area contributed by atoms with Crippen molar-refractivity contribution in [1.82, 2.24) is 20.1 Å². The summed E-state index contributed by atoms with van der Waals surface area (Å²) in [4.78, 5) is 0. The van der Waals surface area contributed by atoms with Crippen LogP contribution in [0.15, 0.2) is 18.3 Å². The summed E-state index contributed by atoms with van der Waals surface area (Å²) in [5.74, 6) is 0.720. The van der Waals surface area contributed by atoms with Gasteiger partial charge in [-0.25, -0.2) is 0 Å². The Kier molecular flexibility index (Phi) is 3.33. The van der Waals surface area contributed by atoms with Crippen molar-refractivity contribution in [2.24, 2.45) is 5.92 Å². The van der Waals surface area contributed by atoms with Gasteiger partial charge >= 0.3 is 0 Å². The monoisotopic (exact) mass is 258 g/mol. The van der Waals surface area contributed by atoms with E-state index >= 15 is 0 Å². The summed E-state index contributed by atoms with van der Waals surface area (Å²) in [6, 6.07) is 3.88. The Balaban J connectivity index is 0.000000963. The smallest absolute Gasteiger partial charge is 0.162 e. The first-order valence-electron chi connectivity index (χ1n) is 5.02. The summed E-state index contributed by atoms with van der Waals surface area (Å²) in [5, 5.41) is 12.8. The zero-order valence-electron chi connectivity index (χ0n) is 8.56. The molecule has 1 aliphatic heterocycles. The molecule has 0 unspecified atom stereocenters. The molecule has 0 bridgehead atoms. The molecule has 0 radical (unpaired) electrons. The molecule has 1 N–H and O–H groups in total. The van der Waals surface area contributed by atoms with Crippen LogP contribution in [0, 0.1) is 5.92 Å². The van der Waals surface area contributed by atoms with E-state index < -0.39 is 0 Å². The van der Waals surface area contributed by atoms with Gasteiger partial charge in [0.2, 0.25) is 0 Å². The van der Waals surface area contributed by atoms with Crippen LogP contribution in [0.2, 0.25) is 5.15 Å². The van der Waals surface area contributed by atoms with Gasteiger partial charge in [-0.3, -0.25) is 0 Å². The standard InChI is InChI=1S/C10H11ClN4.ClH/c11-9-3-8-1-2-15(10(8)14-13-9)6-7-4-12-5-7;/h1-3,7,12H,4-6H2;1H. The molecule has 2 aromatic rings. The van der Waals surface area contributed by atoms with Crippen LogP contribution >= 0.6 is 24.0 Å². The second-order valence-corrected chi connectivity index (χ2v) is 4.33. The maximum absolute atomic E-state index is 5.78. The summed E-state index contributed by atoms with van der Waals surface area (Å²) in [6.07, 6.45) is 2.05. The highest BCUT2D eigenvalue weighted by molar-refractivity contribution is 6.29. The number of nitrogens with one attached hydrogen (secondary N) is 1. The largest absolute Gasteiger partial charge is 0.331 e. The van der Waals surface area contributed by atoms with E-state index in [2.05, 4.69) is 20.1 Å². The van der Waals surface area contributed by atoms with Crippen LogP contribution in [-0.4, -0.2) is 27.9 Å². The molecule has 1 aliphatic rings. The molecule has 4 nitrogen and oxygen atoms in total. The van der Waals surface area contributed by atoms with Crippen molar-refractivity contribution in [1.29, 1.82) is 0 Å². The second kappa shape index (κ2) is 4.57. The van der Waals surface area contributed by atoms with Crippen molar-refractivity contribution in [2.75, 3.05) is 13.1 Å². The molecule has 0 aromatic carbocycles. The average Bonchev–Trinajstić information content (AvgIpc) is 2.54. The molecule has 1 fully saturated rings. The summed E-state index contributed by atoms with van der Waals surface area (Å²) in [5.41, 5.74) is 0.923. The zero-order valence-corrected chi connectivity index (χ0v) is 10.1. The first-order valence-corrected chi connectivity index (χ1v) is 5.39. The Morgan fingerprint density at radius 3 is 2.94 bits per heavy atom. The highest BCUT2D eigenvalue weighted by atomic mass is 35.5. The van der Waals surface area contributed by atoms with Gasteiger partial charge in [-0.05, 0) is 12.1 Å². The van der Waals surface area contributed by atoms with E-state index in [0.717, 1.165) is 36.6 Å². The first kappa shape index (κ1) is 11.6. The molecule has 3 rings (SSSR count). The van der Waals surface area contributed by atoms with Gasteiger partial charge in [-0.1, -0.05) is 11.6 Å². The molecule has 1 saturated heterocycles. The van der Waals surface area contributed by atoms with Crippen LogP contribution in [0.3, 0.4) is 0 Å². The molecular formula is C10H12Cl2N4. The first-order chi connectivity index (χ1) is 7.33. The van der Waals surface area contributed by atoms with Crippen molar-refractivity contribution in [3.05, 3.63) is 23.5 Å². The third-order valence-corrected chi connectivity index (χ3v) is 2.98. The number of aromatic nitrogens is 3. The number of halogens is 2. The van der Waals surface area contributed by atoms with Gasteiger partial charge in [0.15, 0.2) is 10.8 Å².